The zero-order valence-corrected chi connectivity index (χ0v) is 18.0. The molecule has 1 fully saturated rings. The largest absolute Gasteiger partial charge is 0.465 e. The highest BCUT2D eigenvalue weighted by Gasteiger charge is 2.28. The van der Waals surface area contributed by atoms with Crippen LogP contribution in [-0.4, -0.2) is 37.1 Å². The molecule has 0 spiro atoms. The highest BCUT2D eigenvalue weighted by molar-refractivity contribution is 9.10. The molecule has 5 nitrogen and oxygen atoms in total. The minimum Gasteiger partial charge on any atom is -0.465 e. The van der Waals surface area contributed by atoms with E-state index < -0.39 is 0 Å². The Morgan fingerprint density at radius 1 is 1.00 bits per heavy atom. The number of hydrogen-bond donors (Lipinski definition) is 1. The number of carbonyl (C=O) groups excluding carboxylic acids is 1. The number of hydrogen-bond acceptors (Lipinski definition) is 4. The van der Waals surface area contributed by atoms with Gasteiger partial charge in [-0.15, -0.1) is 0 Å². The molecule has 1 aromatic heterocycles. The second kappa shape index (κ2) is 9.78. The molecular formula is C24H23BrN2O3. The zero-order chi connectivity index (χ0) is 20.8. The summed E-state index contributed by atoms with van der Waals surface area (Å²) in [4.78, 5) is 15.4. The molecule has 30 heavy (non-hydrogen) atoms. The summed E-state index contributed by atoms with van der Waals surface area (Å²) in [7, 11) is 0. The van der Waals surface area contributed by atoms with E-state index in [0.29, 0.717) is 37.6 Å². The van der Waals surface area contributed by atoms with E-state index in [4.69, 9.17) is 9.15 Å². The Balaban J connectivity index is 1.75. The summed E-state index contributed by atoms with van der Waals surface area (Å²) in [5.74, 6) is 0.623. The molecule has 1 N–H and O–H groups in total. The quantitative estimate of drug-likeness (QED) is 0.511. The third-order valence-corrected chi connectivity index (χ3v) is 5.51. The Kier molecular flexibility index (Phi) is 6.67. The number of amides is 1. The monoisotopic (exact) mass is 466 g/mol. The first kappa shape index (κ1) is 20.4. The van der Waals surface area contributed by atoms with E-state index in [1.54, 1.807) is 6.26 Å². The van der Waals surface area contributed by atoms with Crippen molar-refractivity contribution in [3.05, 3.63) is 94.4 Å². The Labute approximate surface area is 184 Å². The van der Waals surface area contributed by atoms with Crippen molar-refractivity contribution in [2.45, 2.75) is 6.04 Å². The van der Waals surface area contributed by atoms with Crippen molar-refractivity contribution >= 4 is 33.6 Å². The van der Waals surface area contributed by atoms with Crippen LogP contribution in [0, 0.1) is 0 Å². The summed E-state index contributed by atoms with van der Waals surface area (Å²) < 4.78 is 12.0. The van der Waals surface area contributed by atoms with Crippen molar-refractivity contribution in [1.29, 1.82) is 0 Å². The van der Waals surface area contributed by atoms with Crippen LogP contribution in [0.3, 0.4) is 0 Å². The summed E-state index contributed by atoms with van der Waals surface area (Å²) >= 11 is 3.48. The number of nitrogens with one attached hydrogen (secondary N) is 1. The second-order valence-corrected chi connectivity index (χ2v) is 7.93. The highest BCUT2D eigenvalue weighted by Crippen LogP contribution is 2.30. The van der Waals surface area contributed by atoms with Crippen molar-refractivity contribution in [1.82, 2.24) is 4.90 Å². The van der Waals surface area contributed by atoms with Crippen molar-refractivity contribution in [2.24, 2.45) is 0 Å². The Hall–Kier alpha value is -2.83. The number of morpholine rings is 1. The molecule has 3 aromatic rings. The summed E-state index contributed by atoms with van der Waals surface area (Å²) in [5.41, 5.74) is 2.55. The predicted octanol–water partition coefficient (Wildman–Crippen LogP) is 5.14. The van der Waals surface area contributed by atoms with Crippen molar-refractivity contribution in [3.63, 3.8) is 0 Å². The maximum absolute atomic E-state index is 13.6. The Morgan fingerprint density at radius 2 is 1.73 bits per heavy atom. The van der Waals surface area contributed by atoms with Gasteiger partial charge in [0.1, 0.15) is 5.76 Å². The number of rotatable bonds is 6. The van der Waals surface area contributed by atoms with Gasteiger partial charge < -0.3 is 19.4 Å². The first-order chi connectivity index (χ1) is 14.7. The van der Waals surface area contributed by atoms with Crippen LogP contribution in [0.1, 0.15) is 17.4 Å². The normalized spacial score (nSPS) is 15.6. The van der Waals surface area contributed by atoms with E-state index in [0.717, 1.165) is 15.7 Å². The molecule has 0 radical (unpaired) electrons. The van der Waals surface area contributed by atoms with Gasteiger partial charge in [-0.1, -0.05) is 46.3 Å². The van der Waals surface area contributed by atoms with Gasteiger partial charge in [0.2, 0.25) is 0 Å². The number of carbonyl (C=O) groups is 1. The van der Waals surface area contributed by atoms with Crippen LogP contribution >= 0.6 is 15.9 Å². The topological polar surface area (TPSA) is 54.7 Å². The van der Waals surface area contributed by atoms with Gasteiger partial charge in [0.15, 0.2) is 0 Å². The first-order valence-corrected chi connectivity index (χ1v) is 10.7. The number of benzene rings is 2. The van der Waals surface area contributed by atoms with Crippen LogP contribution in [0.25, 0.3) is 6.08 Å². The van der Waals surface area contributed by atoms with Crippen molar-refractivity contribution < 1.29 is 13.9 Å². The number of nitrogens with zero attached hydrogens (tertiary/aromatic N) is 1. The number of anilines is 1. The Morgan fingerprint density at radius 3 is 2.40 bits per heavy atom. The van der Waals surface area contributed by atoms with Gasteiger partial charge in [0, 0.05) is 28.8 Å². The molecule has 1 saturated heterocycles. The SMILES string of the molecule is O=C(/C(=C\c1ccco1)C(Nc1ccc(Br)cc1)c1ccccc1)N1CCOCC1. The van der Waals surface area contributed by atoms with Crippen molar-refractivity contribution in [2.75, 3.05) is 31.6 Å². The highest BCUT2D eigenvalue weighted by atomic mass is 79.9. The lowest BCUT2D eigenvalue weighted by molar-refractivity contribution is -0.131. The molecule has 1 amide bonds. The Bertz CT molecular complexity index is 979. The van der Waals surface area contributed by atoms with Gasteiger partial charge in [-0.05, 0) is 48.0 Å². The molecule has 6 heteroatoms. The fraction of sp³-hybridized carbons (Fsp3) is 0.208. The zero-order valence-electron chi connectivity index (χ0n) is 16.5. The van der Waals surface area contributed by atoms with Crippen LogP contribution in [0.5, 0.6) is 0 Å². The molecule has 154 valence electrons. The lowest BCUT2D eigenvalue weighted by Crippen LogP contribution is -2.42. The molecule has 0 saturated carbocycles. The van der Waals surface area contributed by atoms with Gasteiger partial charge in [0.05, 0.1) is 25.5 Å². The minimum absolute atomic E-state index is 0.0202. The van der Waals surface area contributed by atoms with Gasteiger partial charge in [-0.3, -0.25) is 4.79 Å². The van der Waals surface area contributed by atoms with Crippen LogP contribution in [-0.2, 0) is 9.53 Å². The molecular weight excluding hydrogens is 444 g/mol. The molecule has 0 aliphatic carbocycles. The van der Waals surface area contributed by atoms with Crippen LogP contribution in [0.4, 0.5) is 5.69 Å². The molecule has 1 aliphatic heterocycles. The fourth-order valence-corrected chi connectivity index (χ4v) is 3.71. The predicted molar refractivity (Wildman–Crippen MR) is 121 cm³/mol. The van der Waals surface area contributed by atoms with Crippen molar-refractivity contribution in [3.8, 4) is 0 Å². The third kappa shape index (κ3) is 5.01. The lowest BCUT2D eigenvalue weighted by Gasteiger charge is -2.31. The summed E-state index contributed by atoms with van der Waals surface area (Å²) in [5, 5.41) is 3.55. The smallest absolute Gasteiger partial charge is 0.252 e. The molecule has 4 rings (SSSR count). The van der Waals surface area contributed by atoms with Crippen LogP contribution in [0.2, 0.25) is 0 Å². The third-order valence-electron chi connectivity index (χ3n) is 4.99. The standard InChI is InChI=1S/C24H23BrN2O3/c25-19-8-10-20(11-9-19)26-23(18-5-2-1-3-6-18)22(17-21-7-4-14-30-21)24(28)27-12-15-29-16-13-27/h1-11,14,17,23,26H,12-13,15-16H2/b22-17-. The molecule has 0 bridgehead atoms. The van der Waals surface area contributed by atoms with E-state index in [1.165, 1.54) is 0 Å². The molecule has 1 atom stereocenters. The number of ether oxygens (including phenoxy) is 1. The van der Waals surface area contributed by atoms with E-state index in [9.17, 15) is 4.79 Å². The average Bonchev–Trinajstić information content (AvgIpc) is 3.31. The van der Waals surface area contributed by atoms with Gasteiger partial charge in [-0.2, -0.15) is 0 Å². The molecule has 2 heterocycles. The maximum Gasteiger partial charge on any atom is 0.252 e. The summed E-state index contributed by atoms with van der Waals surface area (Å²) in [6.45, 7) is 2.26. The number of halogens is 1. The van der Waals surface area contributed by atoms with Gasteiger partial charge >= 0.3 is 0 Å². The van der Waals surface area contributed by atoms with Crippen LogP contribution in [0.15, 0.2) is 87.5 Å². The maximum atomic E-state index is 13.6. The first-order valence-electron chi connectivity index (χ1n) is 9.90. The fourth-order valence-electron chi connectivity index (χ4n) is 3.44. The molecule has 1 unspecified atom stereocenters. The van der Waals surface area contributed by atoms with E-state index in [1.807, 2.05) is 77.7 Å². The summed E-state index contributed by atoms with van der Waals surface area (Å²) in [6.07, 6.45) is 3.45. The van der Waals surface area contributed by atoms with Gasteiger partial charge in [-0.25, -0.2) is 0 Å². The van der Waals surface area contributed by atoms with Crippen LogP contribution < -0.4 is 5.32 Å². The minimum atomic E-state index is -0.340. The van der Waals surface area contributed by atoms with E-state index in [2.05, 4.69) is 21.2 Å². The number of furan rings is 1. The van der Waals surface area contributed by atoms with E-state index in [-0.39, 0.29) is 11.9 Å². The lowest BCUT2D eigenvalue weighted by atomic mass is 9.96. The second-order valence-electron chi connectivity index (χ2n) is 7.01. The van der Waals surface area contributed by atoms with Gasteiger partial charge in [0.25, 0.3) is 5.91 Å². The average molecular weight is 467 g/mol. The van der Waals surface area contributed by atoms with E-state index >= 15 is 0 Å². The molecule has 2 aromatic carbocycles. The summed E-state index contributed by atoms with van der Waals surface area (Å²) in [6, 6.07) is 21.3. The molecule has 1 aliphatic rings.